The average Bonchev–Trinajstić information content (AvgIpc) is 3.42. The van der Waals surface area contributed by atoms with Gasteiger partial charge in [0.15, 0.2) is 11.6 Å². The number of hydrogen-bond acceptors (Lipinski definition) is 8. The van der Waals surface area contributed by atoms with Crippen LogP contribution in [0.1, 0.15) is 44.9 Å². The molecule has 0 unspecified atom stereocenters. The SMILES string of the molecule is Cc1nc(NNC(=O)[C@H](CC2CCCC2)CN(O)C=O)c(F)c(N2C[C@H](C)[C@@H](N(C)C)C2)n1. The molecule has 2 amide bonds. The highest BCUT2D eigenvalue weighted by molar-refractivity contribution is 5.80. The summed E-state index contributed by atoms with van der Waals surface area (Å²) >= 11 is 0. The van der Waals surface area contributed by atoms with Gasteiger partial charge >= 0.3 is 0 Å². The monoisotopic (exact) mass is 465 g/mol. The van der Waals surface area contributed by atoms with Gasteiger partial charge in [-0.25, -0.2) is 15.0 Å². The van der Waals surface area contributed by atoms with Crippen molar-refractivity contribution in [2.24, 2.45) is 17.8 Å². The van der Waals surface area contributed by atoms with Crippen LogP contribution < -0.4 is 15.8 Å². The lowest BCUT2D eigenvalue weighted by molar-refractivity contribution is -0.154. The van der Waals surface area contributed by atoms with E-state index < -0.39 is 17.6 Å². The first-order chi connectivity index (χ1) is 15.7. The van der Waals surface area contributed by atoms with Crippen molar-refractivity contribution in [1.29, 1.82) is 0 Å². The third kappa shape index (κ3) is 6.29. The van der Waals surface area contributed by atoms with Crippen LogP contribution in [0.2, 0.25) is 0 Å². The Morgan fingerprint density at radius 2 is 2.00 bits per heavy atom. The summed E-state index contributed by atoms with van der Waals surface area (Å²) in [5.74, 6) is -0.480. The molecule has 10 nitrogen and oxygen atoms in total. The normalized spacial score (nSPS) is 22.0. The van der Waals surface area contributed by atoms with Crippen molar-refractivity contribution in [3.63, 3.8) is 0 Å². The van der Waals surface area contributed by atoms with E-state index in [9.17, 15) is 14.8 Å². The third-order valence-corrected chi connectivity index (χ3v) is 6.78. The van der Waals surface area contributed by atoms with E-state index in [-0.39, 0.29) is 30.6 Å². The highest BCUT2D eigenvalue weighted by Gasteiger charge is 2.34. The Balaban J connectivity index is 1.70. The van der Waals surface area contributed by atoms with Crippen LogP contribution in [0.5, 0.6) is 0 Å². The Morgan fingerprint density at radius 3 is 2.61 bits per heavy atom. The number of halogens is 1. The molecule has 0 spiro atoms. The van der Waals surface area contributed by atoms with E-state index in [0.29, 0.717) is 42.2 Å². The van der Waals surface area contributed by atoms with Crippen molar-refractivity contribution in [3.05, 3.63) is 11.6 Å². The zero-order chi connectivity index (χ0) is 24.1. The number of nitrogens with one attached hydrogen (secondary N) is 2. The molecule has 33 heavy (non-hydrogen) atoms. The number of aromatic nitrogens is 2. The van der Waals surface area contributed by atoms with E-state index in [2.05, 4.69) is 32.6 Å². The van der Waals surface area contributed by atoms with Crippen LogP contribution in [0.15, 0.2) is 0 Å². The second-order valence-corrected chi connectivity index (χ2v) is 9.60. The fourth-order valence-electron chi connectivity index (χ4n) is 5.04. The second-order valence-electron chi connectivity index (χ2n) is 9.60. The van der Waals surface area contributed by atoms with Crippen LogP contribution >= 0.6 is 0 Å². The third-order valence-electron chi connectivity index (χ3n) is 6.78. The molecular weight excluding hydrogens is 429 g/mol. The van der Waals surface area contributed by atoms with Gasteiger partial charge in [0.1, 0.15) is 5.82 Å². The highest BCUT2D eigenvalue weighted by Crippen LogP contribution is 2.31. The van der Waals surface area contributed by atoms with Gasteiger partial charge in [-0.05, 0) is 39.3 Å². The summed E-state index contributed by atoms with van der Waals surface area (Å²) in [7, 11) is 4.02. The molecule has 2 aliphatic rings. The maximum absolute atomic E-state index is 15.3. The van der Waals surface area contributed by atoms with Gasteiger partial charge in [0, 0.05) is 19.1 Å². The minimum atomic E-state index is -0.628. The standard InChI is InChI=1S/C22H36FN7O3/c1-14-10-29(12-18(14)28(3)4)21-19(23)20(24-15(2)25-21)26-27-22(32)17(11-30(33)13-31)9-16-7-5-6-8-16/h13-14,16-18,33H,5-12H2,1-4H3,(H,27,32)(H,24,25,26)/t14-,17+,18-/m0/s1. The fraction of sp³-hybridized carbons (Fsp3) is 0.727. The molecule has 2 fully saturated rings. The van der Waals surface area contributed by atoms with Crippen molar-refractivity contribution in [2.45, 2.75) is 52.0 Å². The first-order valence-corrected chi connectivity index (χ1v) is 11.6. The molecule has 1 aliphatic heterocycles. The molecule has 1 aliphatic carbocycles. The molecule has 0 aromatic carbocycles. The van der Waals surface area contributed by atoms with Gasteiger partial charge in [-0.1, -0.05) is 32.6 Å². The molecule has 0 bridgehead atoms. The maximum Gasteiger partial charge on any atom is 0.243 e. The number of likely N-dealkylation sites (N-methyl/N-ethyl adjacent to an activating group) is 1. The van der Waals surface area contributed by atoms with E-state index in [1.54, 1.807) is 6.92 Å². The number of carbonyl (C=O) groups is 2. The Hall–Kier alpha value is -2.53. The summed E-state index contributed by atoms with van der Waals surface area (Å²) in [5, 5.41) is 10.1. The lowest BCUT2D eigenvalue weighted by Crippen LogP contribution is -2.41. The van der Waals surface area contributed by atoms with Gasteiger partial charge in [0.2, 0.25) is 18.1 Å². The molecule has 3 atom stereocenters. The second kappa shape index (κ2) is 11.1. The van der Waals surface area contributed by atoms with Crippen molar-refractivity contribution in [1.82, 2.24) is 25.4 Å². The Labute approximate surface area is 194 Å². The zero-order valence-electron chi connectivity index (χ0n) is 19.9. The van der Waals surface area contributed by atoms with E-state index in [1.807, 2.05) is 19.0 Å². The van der Waals surface area contributed by atoms with Gasteiger partial charge in [0.05, 0.1) is 12.5 Å². The van der Waals surface area contributed by atoms with Gasteiger partial charge in [0.25, 0.3) is 0 Å². The molecule has 3 N–H and O–H groups in total. The molecule has 0 radical (unpaired) electrons. The number of hydrogen-bond donors (Lipinski definition) is 3. The van der Waals surface area contributed by atoms with Crippen LogP contribution in [-0.4, -0.2) is 77.2 Å². The smallest absolute Gasteiger partial charge is 0.243 e. The van der Waals surface area contributed by atoms with Crippen molar-refractivity contribution in [3.8, 4) is 0 Å². The average molecular weight is 466 g/mol. The van der Waals surface area contributed by atoms with Crippen LogP contribution in [0.3, 0.4) is 0 Å². The first kappa shape index (κ1) is 25.1. The minimum Gasteiger partial charge on any atom is -0.352 e. The largest absolute Gasteiger partial charge is 0.352 e. The van der Waals surface area contributed by atoms with Crippen molar-refractivity contribution < 1.29 is 19.2 Å². The zero-order valence-corrected chi connectivity index (χ0v) is 19.9. The molecule has 2 heterocycles. The summed E-state index contributed by atoms with van der Waals surface area (Å²) in [6, 6.07) is 0.284. The van der Waals surface area contributed by atoms with Crippen molar-refractivity contribution in [2.75, 3.05) is 44.1 Å². The Morgan fingerprint density at radius 1 is 1.30 bits per heavy atom. The van der Waals surface area contributed by atoms with Crippen molar-refractivity contribution >= 4 is 24.0 Å². The van der Waals surface area contributed by atoms with Crippen LogP contribution in [0.4, 0.5) is 16.0 Å². The maximum atomic E-state index is 15.3. The molecule has 1 aromatic rings. The van der Waals surface area contributed by atoms with Gasteiger partial charge in [-0.2, -0.15) is 4.39 Å². The predicted octanol–water partition coefficient (Wildman–Crippen LogP) is 1.80. The number of anilines is 2. The molecule has 184 valence electrons. The quantitative estimate of drug-likeness (QED) is 0.272. The fourth-order valence-corrected chi connectivity index (χ4v) is 5.04. The number of nitrogens with zero attached hydrogens (tertiary/aromatic N) is 5. The molecular formula is C22H36FN7O3. The van der Waals surface area contributed by atoms with E-state index in [4.69, 9.17) is 0 Å². The van der Waals surface area contributed by atoms with Gasteiger partial charge < -0.3 is 9.80 Å². The Bertz CT molecular complexity index is 834. The lowest BCUT2D eigenvalue weighted by Gasteiger charge is -2.24. The number of amides is 2. The molecule has 1 saturated carbocycles. The highest BCUT2D eigenvalue weighted by atomic mass is 19.1. The molecule has 1 aromatic heterocycles. The van der Waals surface area contributed by atoms with E-state index >= 15 is 4.39 Å². The van der Waals surface area contributed by atoms with Crippen LogP contribution in [0, 0.1) is 30.5 Å². The summed E-state index contributed by atoms with van der Waals surface area (Å²) in [6.07, 6.45) is 5.11. The topological polar surface area (TPSA) is 114 Å². The minimum absolute atomic E-state index is 0.109. The number of aryl methyl sites for hydroxylation is 1. The summed E-state index contributed by atoms with van der Waals surface area (Å²) < 4.78 is 15.3. The molecule has 3 rings (SSSR count). The number of carbonyl (C=O) groups excluding carboxylic acids is 2. The molecule has 1 saturated heterocycles. The van der Waals surface area contributed by atoms with Gasteiger partial charge in [-0.3, -0.25) is 25.6 Å². The summed E-state index contributed by atoms with van der Waals surface area (Å²) in [4.78, 5) is 36.2. The van der Waals surface area contributed by atoms with E-state index in [1.165, 1.54) is 0 Å². The predicted molar refractivity (Wildman–Crippen MR) is 122 cm³/mol. The van der Waals surface area contributed by atoms with Gasteiger partial charge in [-0.15, -0.1) is 0 Å². The van der Waals surface area contributed by atoms with E-state index in [0.717, 1.165) is 25.7 Å². The first-order valence-electron chi connectivity index (χ1n) is 11.6. The lowest BCUT2D eigenvalue weighted by atomic mass is 9.92. The summed E-state index contributed by atoms with van der Waals surface area (Å²) in [6.45, 7) is 5.00. The number of hydrazine groups is 1. The molecule has 11 heteroatoms. The number of hydroxylamine groups is 2. The van der Waals surface area contributed by atoms with Crippen LogP contribution in [-0.2, 0) is 9.59 Å². The van der Waals surface area contributed by atoms with Crippen LogP contribution in [0.25, 0.3) is 0 Å². The summed E-state index contributed by atoms with van der Waals surface area (Å²) in [5.41, 5.74) is 5.13. The Kier molecular flexibility index (Phi) is 8.41. The number of rotatable bonds is 10.